The summed E-state index contributed by atoms with van der Waals surface area (Å²) in [5, 5.41) is 5.03. The lowest BCUT2D eigenvalue weighted by molar-refractivity contribution is 0.571. The molecule has 2 nitrogen and oxygen atoms in total. The van der Waals surface area contributed by atoms with Gasteiger partial charge in [0, 0.05) is 33.2 Å². The van der Waals surface area contributed by atoms with Gasteiger partial charge in [-0.3, -0.25) is 0 Å². The van der Waals surface area contributed by atoms with Crippen LogP contribution in [0.1, 0.15) is 61.9 Å². The SMILES string of the molecule is C=Cc1ccc(N(c2ccc3c(c2)-c2ccccc2C3(C)C)C2(C)C=CC(c3ccc4c(c3)c3ccccc3n4-c3ccc4ccccc4c3)=CC2)cc1/C=C\C. The molecular weight excluding hydrogens is 689 g/mol. The highest BCUT2D eigenvalue weighted by Crippen LogP contribution is 2.51. The van der Waals surface area contributed by atoms with E-state index in [1.807, 2.05) is 6.08 Å². The second-order valence-corrected chi connectivity index (χ2v) is 16.4. The molecule has 7 aromatic carbocycles. The molecule has 0 radical (unpaired) electrons. The smallest absolute Gasteiger partial charge is 0.0643 e. The van der Waals surface area contributed by atoms with E-state index < -0.39 is 0 Å². The van der Waals surface area contributed by atoms with Crippen molar-refractivity contribution in [3.05, 3.63) is 204 Å². The van der Waals surface area contributed by atoms with Gasteiger partial charge in [-0.15, -0.1) is 0 Å². The van der Waals surface area contributed by atoms with Crippen molar-refractivity contribution >= 4 is 61.7 Å². The van der Waals surface area contributed by atoms with Gasteiger partial charge in [0.1, 0.15) is 0 Å². The minimum Gasteiger partial charge on any atom is -0.332 e. The van der Waals surface area contributed by atoms with E-state index in [1.54, 1.807) is 0 Å². The fourth-order valence-corrected chi connectivity index (χ4v) is 9.65. The van der Waals surface area contributed by atoms with Crippen LogP contribution in [0, 0.1) is 0 Å². The van der Waals surface area contributed by atoms with Crippen molar-refractivity contribution in [2.75, 3.05) is 4.90 Å². The molecule has 0 saturated heterocycles. The van der Waals surface area contributed by atoms with Crippen molar-refractivity contribution in [2.45, 2.75) is 45.1 Å². The van der Waals surface area contributed by atoms with Gasteiger partial charge in [-0.25, -0.2) is 0 Å². The average Bonchev–Trinajstić information content (AvgIpc) is 3.69. The topological polar surface area (TPSA) is 8.17 Å². The predicted octanol–water partition coefficient (Wildman–Crippen LogP) is 14.9. The minimum atomic E-state index is -0.329. The van der Waals surface area contributed by atoms with Crippen LogP contribution < -0.4 is 4.90 Å². The third kappa shape index (κ3) is 5.54. The molecule has 0 amide bonds. The number of fused-ring (bicyclic) bond motifs is 7. The molecule has 0 saturated carbocycles. The second kappa shape index (κ2) is 13.2. The number of allylic oxidation sites excluding steroid dienone is 3. The monoisotopic (exact) mass is 734 g/mol. The first-order valence-electron chi connectivity index (χ1n) is 20.1. The molecule has 1 heterocycles. The molecule has 8 aromatic rings. The molecule has 1 atom stereocenters. The van der Waals surface area contributed by atoms with Crippen LogP contribution in [0.3, 0.4) is 0 Å². The van der Waals surface area contributed by atoms with Crippen LogP contribution in [0.4, 0.5) is 11.4 Å². The number of benzene rings is 7. The molecule has 1 aromatic heterocycles. The summed E-state index contributed by atoms with van der Waals surface area (Å²) < 4.78 is 2.41. The lowest BCUT2D eigenvalue weighted by Crippen LogP contribution is -2.42. The Balaban J connectivity index is 1.06. The van der Waals surface area contributed by atoms with E-state index in [-0.39, 0.29) is 11.0 Å². The summed E-state index contributed by atoms with van der Waals surface area (Å²) in [7, 11) is 0. The van der Waals surface area contributed by atoms with E-state index in [2.05, 4.69) is 220 Å². The summed E-state index contributed by atoms with van der Waals surface area (Å²) >= 11 is 0. The number of rotatable bonds is 7. The van der Waals surface area contributed by atoms with Crippen molar-refractivity contribution in [1.82, 2.24) is 4.57 Å². The van der Waals surface area contributed by atoms with Gasteiger partial charge < -0.3 is 9.47 Å². The van der Waals surface area contributed by atoms with Crippen molar-refractivity contribution in [3.8, 4) is 16.8 Å². The number of hydrogen-bond acceptors (Lipinski definition) is 1. The Labute approximate surface area is 336 Å². The maximum absolute atomic E-state index is 4.12. The third-order valence-corrected chi connectivity index (χ3v) is 12.6. The second-order valence-electron chi connectivity index (χ2n) is 16.4. The van der Waals surface area contributed by atoms with Crippen LogP contribution in [-0.2, 0) is 5.41 Å². The molecular formula is C55H46N2. The fraction of sp³-hybridized carbons (Fsp3) is 0.127. The van der Waals surface area contributed by atoms with Gasteiger partial charge in [0.2, 0.25) is 0 Å². The zero-order valence-electron chi connectivity index (χ0n) is 33.1. The lowest BCUT2D eigenvalue weighted by atomic mass is 9.82. The Kier molecular flexibility index (Phi) is 8.09. The molecule has 0 aliphatic heterocycles. The normalized spacial score (nSPS) is 16.9. The summed E-state index contributed by atoms with van der Waals surface area (Å²) in [5.74, 6) is 0. The van der Waals surface area contributed by atoms with E-state index in [0.717, 1.165) is 17.7 Å². The van der Waals surface area contributed by atoms with Crippen LogP contribution in [-0.4, -0.2) is 10.1 Å². The maximum atomic E-state index is 4.12. The molecule has 276 valence electrons. The number of para-hydroxylation sites is 1. The quantitative estimate of drug-likeness (QED) is 0.158. The Hall–Kier alpha value is -6.64. The zero-order valence-corrected chi connectivity index (χ0v) is 33.1. The van der Waals surface area contributed by atoms with Crippen LogP contribution in [0.2, 0.25) is 0 Å². The first kappa shape index (κ1) is 34.8. The minimum absolute atomic E-state index is 0.0465. The van der Waals surface area contributed by atoms with Crippen LogP contribution >= 0.6 is 0 Å². The largest absolute Gasteiger partial charge is 0.332 e. The number of nitrogens with zero attached hydrogens (tertiary/aromatic N) is 2. The first-order valence-corrected chi connectivity index (χ1v) is 20.1. The summed E-state index contributed by atoms with van der Waals surface area (Å²) in [5.41, 5.74) is 15.8. The maximum Gasteiger partial charge on any atom is 0.0643 e. The van der Waals surface area contributed by atoms with E-state index in [1.165, 1.54) is 82.9 Å². The average molecular weight is 735 g/mol. The number of aromatic nitrogens is 1. The van der Waals surface area contributed by atoms with Crippen LogP contribution in [0.25, 0.3) is 67.1 Å². The van der Waals surface area contributed by atoms with Gasteiger partial charge in [-0.1, -0.05) is 148 Å². The molecule has 0 fully saturated rings. The van der Waals surface area contributed by atoms with Crippen molar-refractivity contribution in [3.63, 3.8) is 0 Å². The van der Waals surface area contributed by atoms with E-state index in [9.17, 15) is 0 Å². The highest BCUT2D eigenvalue weighted by Gasteiger charge is 2.37. The van der Waals surface area contributed by atoms with Gasteiger partial charge in [0.05, 0.1) is 16.6 Å². The van der Waals surface area contributed by atoms with E-state index in [4.69, 9.17) is 0 Å². The van der Waals surface area contributed by atoms with Crippen molar-refractivity contribution in [1.29, 1.82) is 0 Å². The highest BCUT2D eigenvalue weighted by atomic mass is 15.2. The summed E-state index contributed by atoms with van der Waals surface area (Å²) in [6.45, 7) is 13.3. The van der Waals surface area contributed by atoms with E-state index in [0.29, 0.717) is 0 Å². The predicted molar refractivity (Wildman–Crippen MR) is 246 cm³/mol. The Morgan fingerprint density at radius 1 is 0.632 bits per heavy atom. The van der Waals surface area contributed by atoms with E-state index >= 15 is 0 Å². The number of hydrogen-bond donors (Lipinski definition) is 0. The summed E-state index contributed by atoms with van der Waals surface area (Å²) in [4.78, 5) is 2.55. The van der Waals surface area contributed by atoms with Crippen molar-refractivity contribution < 1.29 is 0 Å². The van der Waals surface area contributed by atoms with Gasteiger partial charge in [-0.2, -0.15) is 0 Å². The molecule has 10 rings (SSSR count). The highest BCUT2D eigenvalue weighted by molar-refractivity contribution is 6.10. The molecule has 0 N–H and O–H groups in total. The molecule has 0 spiro atoms. The Bertz CT molecular complexity index is 3020. The molecule has 2 aliphatic carbocycles. The molecule has 2 aliphatic rings. The zero-order chi connectivity index (χ0) is 38.9. The van der Waals surface area contributed by atoms with Crippen molar-refractivity contribution in [2.24, 2.45) is 0 Å². The van der Waals surface area contributed by atoms with Gasteiger partial charge in [0.25, 0.3) is 0 Å². The van der Waals surface area contributed by atoms with Crippen LogP contribution in [0.15, 0.2) is 176 Å². The lowest BCUT2D eigenvalue weighted by Gasteiger charge is -2.43. The Morgan fingerprint density at radius 2 is 1.37 bits per heavy atom. The first-order chi connectivity index (χ1) is 27.8. The molecule has 57 heavy (non-hydrogen) atoms. The van der Waals surface area contributed by atoms with Crippen LogP contribution in [0.5, 0.6) is 0 Å². The standard InChI is InChI=1S/C55H46N2/c1-6-14-40-34-44(25-21-37(40)7-2)57(45-26-27-51-48(36-45)46-17-10-12-19-50(46)54(51,3)4)55(5)31-29-39(30-32-55)42-23-28-53-49(35-42)47-18-11-13-20-52(47)56(53)43-24-22-38-15-8-9-16-41(38)33-43/h6-31,33-36H,2,32H2,1,3-5H3/b14-6-. The third-order valence-electron chi connectivity index (χ3n) is 12.6. The van der Waals surface area contributed by atoms with Gasteiger partial charge >= 0.3 is 0 Å². The molecule has 0 bridgehead atoms. The van der Waals surface area contributed by atoms with Gasteiger partial charge in [0.15, 0.2) is 0 Å². The molecule has 1 unspecified atom stereocenters. The number of anilines is 2. The van der Waals surface area contributed by atoms with Gasteiger partial charge in [-0.05, 0) is 130 Å². The summed E-state index contributed by atoms with van der Waals surface area (Å²) in [6.07, 6.45) is 14.3. The molecule has 2 heteroatoms. The summed E-state index contributed by atoms with van der Waals surface area (Å²) in [6, 6.07) is 54.0. The Morgan fingerprint density at radius 3 is 2.19 bits per heavy atom. The fourth-order valence-electron chi connectivity index (χ4n) is 9.65.